The monoisotopic (exact) mass is 574 g/mol. The fourth-order valence-electron chi connectivity index (χ4n) is 5.81. The van der Waals surface area contributed by atoms with E-state index in [1.807, 2.05) is 0 Å². The molecule has 0 saturated heterocycles. The van der Waals surface area contributed by atoms with Crippen molar-refractivity contribution in [2.24, 2.45) is 0 Å². The minimum absolute atomic E-state index is 0.0746. The standard InChI is InChI=1S/C34H43AsO3/c1-19-13-22-28-23-14-20(2)17-26(33(7,8)9)30(23)37-35(36-29(22)25(16-19)32(4,5)6)38-31-24(28)15-21(3)18-27(31)34(10,11)12/h13-18,28H,1-12H3. The van der Waals surface area contributed by atoms with Crippen molar-refractivity contribution in [1.82, 2.24) is 0 Å². The molecule has 6 rings (SSSR count). The van der Waals surface area contributed by atoms with Crippen LogP contribution in [0.3, 0.4) is 0 Å². The predicted octanol–water partition coefficient (Wildman–Crippen LogP) is 8.83. The van der Waals surface area contributed by atoms with Crippen molar-refractivity contribution >= 4 is 15.7 Å². The van der Waals surface area contributed by atoms with Crippen LogP contribution in [0.2, 0.25) is 0 Å². The Labute approximate surface area is 235 Å². The molecule has 0 radical (unpaired) electrons. The van der Waals surface area contributed by atoms with E-state index in [-0.39, 0.29) is 22.2 Å². The summed E-state index contributed by atoms with van der Waals surface area (Å²) < 4.78 is 20.8. The first-order chi connectivity index (χ1) is 17.4. The van der Waals surface area contributed by atoms with E-state index >= 15 is 0 Å². The second-order valence-electron chi connectivity index (χ2n) is 14.4. The van der Waals surface area contributed by atoms with Gasteiger partial charge in [0.15, 0.2) is 0 Å². The van der Waals surface area contributed by atoms with Gasteiger partial charge in [0.1, 0.15) is 0 Å². The quantitative estimate of drug-likeness (QED) is 0.251. The summed E-state index contributed by atoms with van der Waals surface area (Å²) >= 11 is -2.81. The molecule has 0 atom stereocenters. The van der Waals surface area contributed by atoms with Crippen LogP contribution >= 0.6 is 0 Å². The minimum atomic E-state index is -2.81. The molecule has 3 nitrogen and oxygen atoms in total. The molecule has 3 aromatic rings. The van der Waals surface area contributed by atoms with Gasteiger partial charge in [-0.1, -0.05) is 0 Å². The number of benzene rings is 3. The molecule has 3 heterocycles. The average Bonchev–Trinajstić information content (AvgIpc) is 2.73. The topological polar surface area (TPSA) is 27.7 Å². The van der Waals surface area contributed by atoms with Gasteiger partial charge < -0.3 is 0 Å². The number of aryl methyl sites for hydroxylation is 3. The van der Waals surface area contributed by atoms with Crippen LogP contribution in [0.25, 0.3) is 0 Å². The van der Waals surface area contributed by atoms with Gasteiger partial charge in [-0.3, -0.25) is 0 Å². The van der Waals surface area contributed by atoms with E-state index in [1.54, 1.807) is 0 Å². The maximum atomic E-state index is 6.93. The Bertz CT molecular complexity index is 1260. The van der Waals surface area contributed by atoms with Crippen molar-refractivity contribution in [3.8, 4) is 17.2 Å². The molecule has 202 valence electrons. The fraction of sp³-hybridized carbons (Fsp3) is 0.471. The van der Waals surface area contributed by atoms with Gasteiger partial charge in [-0.05, 0) is 0 Å². The van der Waals surface area contributed by atoms with E-state index < -0.39 is 15.7 Å². The van der Waals surface area contributed by atoms with Crippen LogP contribution < -0.4 is 11.2 Å². The molecule has 0 aromatic heterocycles. The van der Waals surface area contributed by atoms with Crippen molar-refractivity contribution < 1.29 is 11.2 Å². The predicted molar refractivity (Wildman–Crippen MR) is 158 cm³/mol. The van der Waals surface area contributed by atoms with Crippen molar-refractivity contribution in [1.29, 1.82) is 0 Å². The summed E-state index contributed by atoms with van der Waals surface area (Å²) in [4.78, 5) is 0. The van der Waals surface area contributed by atoms with E-state index in [2.05, 4.69) is 119 Å². The van der Waals surface area contributed by atoms with E-state index in [9.17, 15) is 0 Å². The average molecular weight is 575 g/mol. The van der Waals surface area contributed by atoms with Crippen molar-refractivity contribution in [3.63, 3.8) is 0 Å². The van der Waals surface area contributed by atoms with E-state index in [0.717, 1.165) is 17.2 Å². The first-order valence-corrected chi connectivity index (χ1v) is 16.0. The number of hydrogen-bond donors (Lipinski definition) is 0. The van der Waals surface area contributed by atoms with Crippen LogP contribution in [0.15, 0.2) is 36.4 Å². The zero-order chi connectivity index (χ0) is 27.9. The van der Waals surface area contributed by atoms with Gasteiger partial charge in [0, 0.05) is 0 Å². The van der Waals surface area contributed by atoms with Gasteiger partial charge in [-0.2, -0.15) is 0 Å². The van der Waals surface area contributed by atoms with E-state index in [4.69, 9.17) is 11.2 Å². The number of hydrogen-bond acceptors (Lipinski definition) is 3. The maximum absolute atomic E-state index is 6.93. The van der Waals surface area contributed by atoms with Crippen LogP contribution in [0.4, 0.5) is 0 Å². The molecule has 0 amide bonds. The van der Waals surface area contributed by atoms with Crippen LogP contribution in [0.1, 0.15) is 118 Å². The van der Waals surface area contributed by atoms with Crippen molar-refractivity contribution in [2.75, 3.05) is 0 Å². The molecule has 0 unspecified atom stereocenters. The van der Waals surface area contributed by atoms with Crippen molar-refractivity contribution in [2.45, 2.75) is 105 Å². The normalized spacial score (nSPS) is 18.6. The number of rotatable bonds is 0. The zero-order valence-corrected chi connectivity index (χ0v) is 27.1. The van der Waals surface area contributed by atoms with Crippen LogP contribution in [-0.2, 0) is 16.2 Å². The molecular formula is C34H43AsO3. The first-order valence-electron chi connectivity index (χ1n) is 13.7. The van der Waals surface area contributed by atoms with Crippen molar-refractivity contribution in [3.05, 3.63) is 86.5 Å². The van der Waals surface area contributed by atoms with E-state index in [0.29, 0.717) is 0 Å². The van der Waals surface area contributed by atoms with Gasteiger partial charge >= 0.3 is 236 Å². The summed E-state index contributed by atoms with van der Waals surface area (Å²) in [7, 11) is 0. The molecule has 3 aliphatic rings. The molecule has 0 N–H and O–H groups in total. The Kier molecular flexibility index (Phi) is 6.31. The molecular weight excluding hydrogens is 531 g/mol. The molecule has 0 aliphatic carbocycles. The second kappa shape index (κ2) is 8.82. The van der Waals surface area contributed by atoms with Crippen LogP contribution in [0, 0.1) is 20.8 Å². The Balaban J connectivity index is 1.98. The molecule has 0 spiro atoms. The van der Waals surface area contributed by atoms with Gasteiger partial charge in [-0.25, -0.2) is 0 Å². The Morgan fingerprint density at radius 2 is 0.737 bits per heavy atom. The Morgan fingerprint density at radius 1 is 0.474 bits per heavy atom. The third kappa shape index (κ3) is 4.66. The van der Waals surface area contributed by atoms with E-state index in [1.165, 1.54) is 50.1 Å². The summed E-state index contributed by atoms with van der Waals surface area (Å²) in [5, 5.41) is 0. The third-order valence-corrected chi connectivity index (χ3v) is 9.73. The SMILES string of the molecule is Cc1cc2c(c(C(C)(C)C)c1)O[As]1Oc3c(cc(C)cc3C(C)(C)C)C2c2cc(C)cc(C(C)(C)C)c2O1. The van der Waals surface area contributed by atoms with Gasteiger partial charge in [0.05, 0.1) is 0 Å². The molecule has 0 fully saturated rings. The molecule has 3 aromatic carbocycles. The first kappa shape index (κ1) is 27.2. The molecule has 3 aliphatic heterocycles. The summed E-state index contributed by atoms with van der Waals surface area (Å²) in [6, 6.07) is 13.8. The molecule has 38 heavy (non-hydrogen) atoms. The summed E-state index contributed by atoms with van der Waals surface area (Å²) in [6.45, 7) is 26.9. The third-order valence-electron chi connectivity index (χ3n) is 7.64. The van der Waals surface area contributed by atoms with Gasteiger partial charge in [-0.15, -0.1) is 0 Å². The summed E-state index contributed by atoms with van der Waals surface area (Å²) in [6.07, 6.45) is 0. The van der Waals surface area contributed by atoms with Gasteiger partial charge in [0.2, 0.25) is 0 Å². The summed E-state index contributed by atoms with van der Waals surface area (Å²) in [5.74, 6) is 2.76. The molecule has 0 saturated carbocycles. The fourth-order valence-corrected chi connectivity index (χ4v) is 8.26. The summed E-state index contributed by atoms with van der Waals surface area (Å²) in [5.41, 5.74) is 10.8. The van der Waals surface area contributed by atoms with Crippen LogP contribution in [-0.4, -0.2) is 15.7 Å². The van der Waals surface area contributed by atoms with Crippen LogP contribution in [0.5, 0.6) is 17.2 Å². The Morgan fingerprint density at radius 3 is 0.974 bits per heavy atom. The zero-order valence-electron chi connectivity index (χ0n) is 25.2. The molecule has 4 heteroatoms. The Hall–Kier alpha value is -2.38. The van der Waals surface area contributed by atoms with Gasteiger partial charge in [0.25, 0.3) is 0 Å². The molecule has 2 bridgehead atoms. The second-order valence-corrected chi connectivity index (χ2v) is 16.5.